The fourth-order valence-corrected chi connectivity index (χ4v) is 3.08. The van der Waals surface area contributed by atoms with Crippen LogP contribution in [0.3, 0.4) is 0 Å². The smallest absolute Gasteiger partial charge is 0.416 e. The van der Waals surface area contributed by atoms with Crippen molar-refractivity contribution in [1.29, 1.82) is 0 Å². The molecule has 1 aliphatic heterocycles. The van der Waals surface area contributed by atoms with Crippen LogP contribution in [0, 0.1) is 6.92 Å². The lowest BCUT2D eigenvalue weighted by Crippen LogP contribution is -2.13. The Bertz CT molecular complexity index is 820. The standard InChI is InChI=1S/C18H16F3NO2S/c1-10-12(4-3-5-15(10)23-2)17-13-8-11(18(19,20)21)6-7-14(13)22-16(25)9-24-17/h3-8,17H,9H2,1-2H3,(H,22,25). The van der Waals surface area contributed by atoms with Crippen molar-refractivity contribution in [3.8, 4) is 5.75 Å². The number of hydrogen-bond acceptors (Lipinski definition) is 3. The van der Waals surface area contributed by atoms with Crippen LogP contribution in [0.1, 0.15) is 28.4 Å². The third kappa shape index (κ3) is 3.48. The Kier molecular flexibility index (Phi) is 4.71. The number of benzene rings is 2. The number of anilines is 1. The summed E-state index contributed by atoms with van der Waals surface area (Å²) in [4.78, 5) is 0.420. The number of alkyl halides is 3. The second-order valence-corrected chi connectivity index (χ2v) is 6.21. The molecule has 0 bridgehead atoms. The molecule has 1 N–H and O–H groups in total. The van der Waals surface area contributed by atoms with Crippen LogP contribution >= 0.6 is 12.2 Å². The molecule has 25 heavy (non-hydrogen) atoms. The molecule has 0 spiro atoms. The van der Waals surface area contributed by atoms with Crippen molar-refractivity contribution >= 4 is 22.9 Å². The minimum Gasteiger partial charge on any atom is -0.496 e. The van der Waals surface area contributed by atoms with Gasteiger partial charge in [-0.15, -0.1) is 0 Å². The van der Waals surface area contributed by atoms with Gasteiger partial charge in [0, 0.05) is 11.3 Å². The highest BCUT2D eigenvalue weighted by Crippen LogP contribution is 2.40. The van der Waals surface area contributed by atoms with Gasteiger partial charge >= 0.3 is 6.18 Å². The molecule has 3 nitrogen and oxygen atoms in total. The van der Waals surface area contributed by atoms with E-state index in [1.165, 1.54) is 6.07 Å². The number of rotatable bonds is 2. The van der Waals surface area contributed by atoms with Gasteiger partial charge in [0.15, 0.2) is 0 Å². The Labute approximate surface area is 148 Å². The average Bonchev–Trinajstić information content (AvgIpc) is 2.72. The highest BCUT2D eigenvalue weighted by molar-refractivity contribution is 7.80. The molecule has 0 fully saturated rings. The zero-order valence-corrected chi connectivity index (χ0v) is 14.4. The Morgan fingerprint density at radius 2 is 1.96 bits per heavy atom. The maximum absolute atomic E-state index is 13.2. The molecule has 0 aliphatic carbocycles. The molecule has 3 rings (SSSR count). The van der Waals surface area contributed by atoms with Crippen molar-refractivity contribution in [2.75, 3.05) is 19.0 Å². The molecule has 2 aromatic rings. The molecular weight excluding hydrogens is 351 g/mol. The molecule has 1 heterocycles. The lowest BCUT2D eigenvalue weighted by atomic mass is 9.94. The summed E-state index contributed by atoms with van der Waals surface area (Å²) < 4.78 is 50.6. The van der Waals surface area contributed by atoms with Crippen LogP contribution in [0.5, 0.6) is 5.75 Å². The number of ether oxygens (including phenoxy) is 2. The van der Waals surface area contributed by atoms with E-state index in [2.05, 4.69) is 5.32 Å². The van der Waals surface area contributed by atoms with Crippen LogP contribution in [-0.2, 0) is 10.9 Å². The van der Waals surface area contributed by atoms with Crippen LogP contribution in [-0.4, -0.2) is 18.7 Å². The first kappa shape index (κ1) is 17.7. The van der Waals surface area contributed by atoms with Crippen LogP contribution in [0.15, 0.2) is 36.4 Å². The summed E-state index contributed by atoms with van der Waals surface area (Å²) in [5, 5.41) is 2.96. The van der Waals surface area contributed by atoms with Gasteiger partial charge in [0.2, 0.25) is 0 Å². The molecule has 0 saturated carbocycles. The number of methoxy groups -OCH3 is 1. The predicted octanol–water partition coefficient (Wildman–Crippen LogP) is 4.88. The van der Waals surface area contributed by atoms with Crippen LogP contribution < -0.4 is 10.1 Å². The van der Waals surface area contributed by atoms with E-state index in [0.717, 1.165) is 23.3 Å². The molecular formula is C18H16F3NO2S. The quantitative estimate of drug-likeness (QED) is 0.767. The summed E-state index contributed by atoms with van der Waals surface area (Å²) >= 11 is 5.18. The third-order valence-corrected chi connectivity index (χ3v) is 4.36. The molecule has 2 aromatic carbocycles. The first-order valence-electron chi connectivity index (χ1n) is 7.57. The van der Waals surface area contributed by atoms with Crippen molar-refractivity contribution in [2.45, 2.75) is 19.2 Å². The molecule has 0 amide bonds. The first-order valence-corrected chi connectivity index (χ1v) is 7.98. The topological polar surface area (TPSA) is 30.5 Å². The largest absolute Gasteiger partial charge is 0.496 e. The van der Waals surface area contributed by atoms with E-state index in [1.807, 2.05) is 13.0 Å². The molecule has 1 aliphatic rings. The summed E-state index contributed by atoms with van der Waals surface area (Å²) in [5.41, 5.74) is 1.74. The Hall–Kier alpha value is -2.12. The van der Waals surface area contributed by atoms with Crippen molar-refractivity contribution in [3.05, 3.63) is 58.7 Å². The maximum Gasteiger partial charge on any atom is 0.416 e. The molecule has 1 atom stereocenters. The zero-order valence-electron chi connectivity index (χ0n) is 13.6. The highest BCUT2D eigenvalue weighted by Gasteiger charge is 2.33. The van der Waals surface area contributed by atoms with Crippen LogP contribution in [0.2, 0.25) is 0 Å². The van der Waals surface area contributed by atoms with Gasteiger partial charge in [-0.05, 0) is 42.3 Å². The zero-order chi connectivity index (χ0) is 18.2. The monoisotopic (exact) mass is 367 g/mol. The van der Waals surface area contributed by atoms with Gasteiger partial charge in [-0.2, -0.15) is 13.2 Å². The number of halogens is 3. The maximum atomic E-state index is 13.2. The fraction of sp³-hybridized carbons (Fsp3) is 0.278. The van der Waals surface area contributed by atoms with Crippen molar-refractivity contribution in [3.63, 3.8) is 0 Å². The molecule has 132 valence electrons. The lowest BCUT2D eigenvalue weighted by molar-refractivity contribution is -0.137. The molecule has 1 unspecified atom stereocenters. The molecule has 0 aromatic heterocycles. The Morgan fingerprint density at radius 1 is 1.20 bits per heavy atom. The summed E-state index contributed by atoms with van der Waals surface area (Å²) in [5.74, 6) is 0.648. The van der Waals surface area contributed by atoms with Gasteiger partial charge in [-0.3, -0.25) is 0 Å². The van der Waals surface area contributed by atoms with Crippen molar-refractivity contribution < 1.29 is 22.6 Å². The minimum atomic E-state index is -4.43. The lowest BCUT2D eigenvalue weighted by Gasteiger charge is -2.22. The van der Waals surface area contributed by atoms with E-state index >= 15 is 0 Å². The number of nitrogens with one attached hydrogen (secondary N) is 1. The highest BCUT2D eigenvalue weighted by atomic mass is 32.1. The number of thiocarbonyl (C=S) groups is 1. The van der Waals surface area contributed by atoms with Gasteiger partial charge < -0.3 is 14.8 Å². The normalized spacial score (nSPS) is 17.5. The van der Waals surface area contributed by atoms with Gasteiger partial charge in [-0.25, -0.2) is 0 Å². The van der Waals surface area contributed by atoms with Crippen LogP contribution in [0.25, 0.3) is 0 Å². The second kappa shape index (κ2) is 6.65. The van der Waals surface area contributed by atoms with E-state index in [-0.39, 0.29) is 6.61 Å². The minimum absolute atomic E-state index is 0.118. The Balaban J connectivity index is 2.17. The summed E-state index contributed by atoms with van der Waals surface area (Å²) in [6, 6.07) is 8.94. The van der Waals surface area contributed by atoms with Crippen LogP contribution in [0.4, 0.5) is 18.9 Å². The summed E-state index contributed by atoms with van der Waals surface area (Å²) in [7, 11) is 1.55. The van der Waals surface area contributed by atoms with Gasteiger partial charge in [0.25, 0.3) is 0 Å². The van der Waals surface area contributed by atoms with Gasteiger partial charge in [-0.1, -0.05) is 24.4 Å². The van der Waals surface area contributed by atoms with E-state index in [0.29, 0.717) is 22.0 Å². The molecule has 0 saturated heterocycles. The second-order valence-electron chi connectivity index (χ2n) is 5.71. The van der Waals surface area contributed by atoms with E-state index < -0.39 is 17.8 Å². The van der Waals surface area contributed by atoms with E-state index in [9.17, 15) is 13.2 Å². The van der Waals surface area contributed by atoms with Crippen molar-refractivity contribution in [2.24, 2.45) is 0 Å². The fourth-order valence-electron chi connectivity index (χ4n) is 2.90. The van der Waals surface area contributed by atoms with E-state index in [4.69, 9.17) is 21.7 Å². The molecule has 7 heteroatoms. The number of fused-ring (bicyclic) bond motifs is 1. The molecule has 0 radical (unpaired) electrons. The summed E-state index contributed by atoms with van der Waals surface area (Å²) in [6.07, 6.45) is -5.11. The predicted molar refractivity (Wildman–Crippen MR) is 93.2 cm³/mol. The third-order valence-electron chi connectivity index (χ3n) is 4.14. The van der Waals surface area contributed by atoms with Crippen molar-refractivity contribution in [1.82, 2.24) is 0 Å². The van der Waals surface area contributed by atoms with Gasteiger partial charge in [0.1, 0.15) is 16.8 Å². The van der Waals surface area contributed by atoms with Gasteiger partial charge in [0.05, 0.1) is 19.3 Å². The first-order chi connectivity index (χ1) is 11.8. The average molecular weight is 367 g/mol. The Morgan fingerprint density at radius 3 is 2.64 bits per heavy atom. The van der Waals surface area contributed by atoms with E-state index in [1.54, 1.807) is 19.2 Å². The SMILES string of the molecule is COc1cccc(C2OCC(=S)Nc3ccc(C(F)(F)F)cc32)c1C. The number of hydrogen-bond donors (Lipinski definition) is 1. The summed E-state index contributed by atoms with van der Waals surface area (Å²) in [6.45, 7) is 1.97.